The van der Waals surface area contributed by atoms with E-state index in [1.807, 2.05) is 0 Å². The van der Waals surface area contributed by atoms with Crippen molar-refractivity contribution in [3.05, 3.63) is 63.7 Å². The molecule has 2 aromatic carbocycles. The molecule has 1 aliphatic heterocycles. The van der Waals surface area contributed by atoms with E-state index in [1.165, 1.54) is 35.2 Å². The number of nitro benzene ring substituents is 1. The molecule has 0 spiro atoms. The van der Waals surface area contributed by atoms with Gasteiger partial charge in [-0.05, 0) is 30.7 Å². The maximum Gasteiger partial charge on any atom is 0.335 e. The second kappa shape index (κ2) is 6.23. The molecule has 1 aliphatic rings. The van der Waals surface area contributed by atoms with Crippen LogP contribution in [-0.2, 0) is 11.3 Å². The number of ether oxygens (including phenoxy) is 1. The molecule has 2 aromatic rings. The van der Waals surface area contributed by atoms with Gasteiger partial charge in [-0.25, -0.2) is 4.79 Å². The number of fused-ring (bicyclic) bond motifs is 1. The Labute approximate surface area is 142 Å². The summed E-state index contributed by atoms with van der Waals surface area (Å²) in [6.07, 6.45) is -0.716. The third-order valence-electron chi connectivity index (χ3n) is 3.90. The Balaban J connectivity index is 1.97. The van der Waals surface area contributed by atoms with Gasteiger partial charge in [-0.15, -0.1) is 0 Å². The van der Waals surface area contributed by atoms with Crippen LogP contribution < -0.4 is 9.64 Å². The molecule has 1 heterocycles. The summed E-state index contributed by atoms with van der Waals surface area (Å²) in [7, 11) is 0. The number of carbonyl (C=O) groups excluding carboxylic acids is 1. The van der Waals surface area contributed by atoms with E-state index in [0.717, 1.165) is 0 Å². The van der Waals surface area contributed by atoms with Crippen molar-refractivity contribution in [2.45, 2.75) is 19.6 Å². The molecule has 8 heteroatoms. The first-order chi connectivity index (χ1) is 11.9. The lowest BCUT2D eigenvalue weighted by Gasteiger charge is -2.32. The quantitative estimate of drug-likeness (QED) is 0.675. The number of hydrogen-bond donors (Lipinski definition) is 1. The third-order valence-corrected chi connectivity index (χ3v) is 3.90. The van der Waals surface area contributed by atoms with E-state index in [-0.39, 0.29) is 23.7 Å². The SMILES string of the molecule is C[C@H]1Oc2ccc([N+](=O)[O-])cc2N(Cc2ccc(C(=O)O)cc2)C1=O. The van der Waals surface area contributed by atoms with Gasteiger partial charge in [-0.1, -0.05) is 12.1 Å². The zero-order valence-corrected chi connectivity index (χ0v) is 13.2. The van der Waals surface area contributed by atoms with Gasteiger partial charge >= 0.3 is 5.97 Å². The van der Waals surface area contributed by atoms with Crippen molar-refractivity contribution in [2.24, 2.45) is 0 Å². The molecule has 8 nitrogen and oxygen atoms in total. The predicted molar refractivity (Wildman–Crippen MR) is 87.8 cm³/mol. The molecule has 0 unspecified atom stereocenters. The number of rotatable bonds is 4. The van der Waals surface area contributed by atoms with Crippen LogP contribution in [0.4, 0.5) is 11.4 Å². The van der Waals surface area contributed by atoms with Crippen molar-refractivity contribution >= 4 is 23.3 Å². The second-order valence-electron chi connectivity index (χ2n) is 5.60. The van der Waals surface area contributed by atoms with Gasteiger partial charge in [0.05, 0.1) is 22.7 Å². The molecule has 1 atom stereocenters. The molecule has 0 aliphatic carbocycles. The van der Waals surface area contributed by atoms with Crippen LogP contribution in [0.25, 0.3) is 0 Å². The highest BCUT2D eigenvalue weighted by Gasteiger charge is 2.32. The molecule has 1 amide bonds. The van der Waals surface area contributed by atoms with Gasteiger partial charge in [0, 0.05) is 12.1 Å². The fourth-order valence-electron chi connectivity index (χ4n) is 2.61. The van der Waals surface area contributed by atoms with Crippen LogP contribution in [0, 0.1) is 10.1 Å². The minimum absolute atomic E-state index is 0.140. The minimum Gasteiger partial charge on any atom is -0.479 e. The zero-order chi connectivity index (χ0) is 18.1. The van der Waals surface area contributed by atoms with Crippen LogP contribution in [0.5, 0.6) is 5.75 Å². The number of nitro groups is 1. The first-order valence-electron chi connectivity index (χ1n) is 7.45. The van der Waals surface area contributed by atoms with E-state index in [2.05, 4.69) is 0 Å². The summed E-state index contributed by atoms with van der Waals surface area (Å²) in [6, 6.07) is 10.2. The summed E-state index contributed by atoms with van der Waals surface area (Å²) < 4.78 is 5.51. The summed E-state index contributed by atoms with van der Waals surface area (Å²) in [4.78, 5) is 35.3. The molecule has 25 heavy (non-hydrogen) atoms. The second-order valence-corrected chi connectivity index (χ2v) is 5.60. The standard InChI is InChI=1S/C17H14N2O6/c1-10-16(20)18(9-11-2-4-12(5-3-11)17(21)22)14-8-13(19(23)24)6-7-15(14)25-10/h2-8,10H,9H2,1H3,(H,21,22)/t10-/m1/s1. The van der Waals surface area contributed by atoms with Crippen molar-refractivity contribution in [1.82, 2.24) is 0 Å². The first-order valence-corrected chi connectivity index (χ1v) is 7.45. The van der Waals surface area contributed by atoms with Crippen LogP contribution in [0.2, 0.25) is 0 Å². The van der Waals surface area contributed by atoms with Crippen molar-refractivity contribution in [1.29, 1.82) is 0 Å². The maximum atomic E-state index is 12.5. The normalized spacial score (nSPS) is 16.1. The minimum atomic E-state index is -1.04. The van der Waals surface area contributed by atoms with Crippen molar-refractivity contribution in [3.8, 4) is 5.75 Å². The number of carboxylic acids is 1. The lowest BCUT2D eigenvalue weighted by Crippen LogP contribution is -2.44. The number of carboxylic acid groups (broad SMARTS) is 1. The number of anilines is 1. The Morgan fingerprint density at radius 1 is 1.28 bits per heavy atom. The Morgan fingerprint density at radius 2 is 1.96 bits per heavy atom. The predicted octanol–water partition coefficient (Wildman–Crippen LogP) is 2.61. The largest absolute Gasteiger partial charge is 0.479 e. The molecule has 0 bridgehead atoms. The number of aromatic carboxylic acids is 1. The Kier molecular flexibility index (Phi) is 4.10. The topological polar surface area (TPSA) is 110 Å². The summed E-state index contributed by atoms with van der Waals surface area (Å²) in [5.41, 5.74) is 1.02. The average molecular weight is 342 g/mol. The molecule has 1 N–H and O–H groups in total. The summed E-state index contributed by atoms with van der Waals surface area (Å²) >= 11 is 0. The van der Waals surface area contributed by atoms with Gasteiger partial charge in [-0.3, -0.25) is 14.9 Å². The van der Waals surface area contributed by atoms with Crippen molar-refractivity contribution < 1.29 is 24.4 Å². The van der Waals surface area contributed by atoms with E-state index < -0.39 is 17.0 Å². The first kappa shape index (κ1) is 16.4. The van der Waals surface area contributed by atoms with E-state index in [1.54, 1.807) is 19.1 Å². The fourth-order valence-corrected chi connectivity index (χ4v) is 2.61. The lowest BCUT2D eigenvalue weighted by atomic mass is 10.1. The lowest BCUT2D eigenvalue weighted by molar-refractivity contribution is -0.384. The molecule has 0 radical (unpaired) electrons. The van der Waals surface area contributed by atoms with Gasteiger partial charge in [0.25, 0.3) is 11.6 Å². The molecule has 0 fully saturated rings. The van der Waals surface area contributed by atoms with E-state index in [9.17, 15) is 19.7 Å². The molecule has 0 saturated heterocycles. The smallest absolute Gasteiger partial charge is 0.335 e. The summed E-state index contributed by atoms with van der Waals surface area (Å²) in [5, 5.41) is 19.9. The number of hydrogen-bond acceptors (Lipinski definition) is 5. The molecular formula is C17H14N2O6. The highest BCUT2D eigenvalue weighted by molar-refractivity contribution is 6.00. The summed E-state index contributed by atoms with van der Waals surface area (Å²) in [6.45, 7) is 1.76. The van der Waals surface area contributed by atoms with E-state index >= 15 is 0 Å². The van der Waals surface area contributed by atoms with Crippen LogP contribution in [-0.4, -0.2) is 28.0 Å². The van der Waals surface area contributed by atoms with E-state index in [4.69, 9.17) is 9.84 Å². The Hall–Kier alpha value is -3.42. The van der Waals surface area contributed by atoms with Gasteiger partial charge in [0.15, 0.2) is 6.10 Å². The molecule has 128 valence electrons. The number of nitrogens with zero attached hydrogens (tertiary/aromatic N) is 2. The van der Waals surface area contributed by atoms with Gasteiger partial charge in [0.1, 0.15) is 5.75 Å². The van der Waals surface area contributed by atoms with Gasteiger partial charge in [0.2, 0.25) is 0 Å². The number of carbonyl (C=O) groups is 2. The van der Waals surface area contributed by atoms with Gasteiger partial charge < -0.3 is 14.7 Å². The molecule has 0 aromatic heterocycles. The summed E-state index contributed by atoms with van der Waals surface area (Å²) in [5.74, 6) is -0.973. The highest BCUT2D eigenvalue weighted by atomic mass is 16.6. The molecular weight excluding hydrogens is 328 g/mol. The van der Waals surface area contributed by atoms with Crippen LogP contribution in [0.1, 0.15) is 22.8 Å². The van der Waals surface area contributed by atoms with Gasteiger partial charge in [-0.2, -0.15) is 0 Å². The highest BCUT2D eigenvalue weighted by Crippen LogP contribution is 2.37. The third kappa shape index (κ3) is 3.14. The average Bonchev–Trinajstić information content (AvgIpc) is 2.59. The number of benzene rings is 2. The zero-order valence-electron chi connectivity index (χ0n) is 13.2. The maximum absolute atomic E-state index is 12.5. The van der Waals surface area contributed by atoms with Crippen LogP contribution >= 0.6 is 0 Å². The Morgan fingerprint density at radius 3 is 2.56 bits per heavy atom. The van der Waals surface area contributed by atoms with E-state index in [0.29, 0.717) is 17.0 Å². The number of non-ortho nitro benzene ring substituents is 1. The molecule has 3 rings (SSSR count). The molecule has 0 saturated carbocycles. The van der Waals surface area contributed by atoms with Crippen LogP contribution in [0.3, 0.4) is 0 Å². The monoisotopic (exact) mass is 342 g/mol. The number of amides is 1. The van der Waals surface area contributed by atoms with Crippen molar-refractivity contribution in [2.75, 3.05) is 4.90 Å². The Bertz CT molecular complexity index is 862. The fraction of sp³-hybridized carbons (Fsp3) is 0.176. The van der Waals surface area contributed by atoms with Crippen molar-refractivity contribution in [3.63, 3.8) is 0 Å². The van der Waals surface area contributed by atoms with Crippen LogP contribution in [0.15, 0.2) is 42.5 Å².